The van der Waals surface area contributed by atoms with Gasteiger partial charge in [-0.05, 0) is 60.9 Å². The standard InChI is InChI=1S/C38H57NO6P/c1-3-5-6-7-8-9-10-17-29-42-37-24-18-23-34(31-37)25-26-38(40)39(27-4-2)28-30-43-46(41,44-32-35-19-13-11-14-20-35)45-33-36-21-15-12-16-22-36/h11,13-15,18-24,31,41H,3-10,12,16-17,25-30,32-33H2,1-2H3/q+1. The summed E-state index contributed by atoms with van der Waals surface area (Å²) in [6, 6.07) is 17.7. The van der Waals surface area contributed by atoms with E-state index in [0.29, 0.717) is 25.9 Å². The van der Waals surface area contributed by atoms with E-state index in [-0.39, 0.29) is 25.7 Å². The summed E-state index contributed by atoms with van der Waals surface area (Å²) < 4.78 is 23.6. The predicted octanol–water partition coefficient (Wildman–Crippen LogP) is 9.57. The third-order valence-corrected chi connectivity index (χ3v) is 9.38. The summed E-state index contributed by atoms with van der Waals surface area (Å²) in [4.78, 5) is 26.3. The van der Waals surface area contributed by atoms with Crippen molar-refractivity contribution in [1.29, 1.82) is 0 Å². The molecule has 1 amide bonds. The monoisotopic (exact) mass is 654 g/mol. The van der Waals surface area contributed by atoms with Gasteiger partial charge >= 0.3 is 8.17 Å². The van der Waals surface area contributed by atoms with E-state index in [1.165, 1.54) is 44.9 Å². The van der Waals surface area contributed by atoms with Gasteiger partial charge in [0.05, 0.1) is 6.61 Å². The summed E-state index contributed by atoms with van der Waals surface area (Å²) in [6.45, 7) is 6.47. The highest BCUT2D eigenvalue weighted by Crippen LogP contribution is 2.59. The second-order valence-corrected chi connectivity index (χ2v) is 13.7. The third kappa shape index (κ3) is 15.8. The Kier molecular flexibility index (Phi) is 18.9. The van der Waals surface area contributed by atoms with Crippen molar-refractivity contribution in [3.05, 3.63) is 89.5 Å². The molecule has 1 unspecified atom stereocenters. The molecule has 0 aromatic heterocycles. The van der Waals surface area contributed by atoms with Crippen LogP contribution in [0, 0.1) is 0 Å². The van der Waals surface area contributed by atoms with Crippen molar-refractivity contribution in [1.82, 2.24) is 4.90 Å². The van der Waals surface area contributed by atoms with Crippen molar-refractivity contribution < 1.29 is 28.0 Å². The topological polar surface area (TPSA) is 77.5 Å². The van der Waals surface area contributed by atoms with Crippen LogP contribution in [0.2, 0.25) is 0 Å². The number of unbranched alkanes of at least 4 members (excludes halogenated alkanes) is 7. The maximum atomic E-state index is 13.3. The van der Waals surface area contributed by atoms with E-state index in [1.54, 1.807) is 4.90 Å². The number of amides is 1. The summed E-state index contributed by atoms with van der Waals surface area (Å²) in [6.07, 6.45) is 20.2. The molecule has 0 radical (unpaired) electrons. The summed E-state index contributed by atoms with van der Waals surface area (Å²) >= 11 is 0. The first-order valence-corrected chi connectivity index (χ1v) is 18.9. The van der Waals surface area contributed by atoms with E-state index in [9.17, 15) is 9.69 Å². The summed E-state index contributed by atoms with van der Waals surface area (Å²) in [7, 11) is -3.62. The molecule has 3 rings (SSSR count). The Hall–Kier alpha value is -2.54. The molecule has 1 N–H and O–H groups in total. The molecule has 2 aromatic carbocycles. The minimum atomic E-state index is -3.62. The van der Waals surface area contributed by atoms with E-state index in [4.69, 9.17) is 18.3 Å². The van der Waals surface area contributed by atoms with Crippen molar-refractivity contribution in [2.45, 2.75) is 104 Å². The number of carbonyl (C=O) groups is 1. The molecule has 2 aromatic rings. The zero-order valence-electron chi connectivity index (χ0n) is 28.2. The molecule has 0 saturated carbocycles. The third-order valence-electron chi connectivity index (χ3n) is 7.96. The molecular weight excluding hydrogens is 597 g/mol. The van der Waals surface area contributed by atoms with Crippen LogP contribution in [-0.4, -0.2) is 48.6 Å². The minimum Gasteiger partial charge on any atom is -0.494 e. The quantitative estimate of drug-likeness (QED) is 0.0849. The molecule has 0 saturated heterocycles. The number of nitrogens with zero attached hydrogens (tertiary/aromatic N) is 1. The van der Waals surface area contributed by atoms with Crippen LogP contribution in [0.5, 0.6) is 5.75 Å². The van der Waals surface area contributed by atoms with Gasteiger partial charge < -0.3 is 9.64 Å². The lowest BCUT2D eigenvalue weighted by molar-refractivity contribution is -0.131. The number of rotatable bonds is 25. The van der Waals surface area contributed by atoms with E-state index < -0.39 is 8.17 Å². The Labute approximate surface area is 278 Å². The molecule has 0 aliphatic heterocycles. The van der Waals surface area contributed by atoms with Gasteiger partial charge in [0.25, 0.3) is 0 Å². The highest BCUT2D eigenvalue weighted by atomic mass is 31.2. The average molecular weight is 655 g/mol. The van der Waals surface area contributed by atoms with Gasteiger partial charge in [-0.2, -0.15) is 9.42 Å². The summed E-state index contributed by atoms with van der Waals surface area (Å²) in [5, 5.41) is 0. The zero-order valence-corrected chi connectivity index (χ0v) is 29.1. The highest BCUT2D eigenvalue weighted by molar-refractivity contribution is 7.55. The fourth-order valence-electron chi connectivity index (χ4n) is 5.30. The molecule has 7 nitrogen and oxygen atoms in total. The molecule has 254 valence electrons. The number of aryl methyl sites for hydroxylation is 1. The van der Waals surface area contributed by atoms with Crippen LogP contribution < -0.4 is 4.74 Å². The van der Waals surface area contributed by atoms with Crippen molar-refractivity contribution in [2.75, 3.05) is 32.9 Å². The van der Waals surface area contributed by atoms with Crippen molar-refractivity contribution in [3.8, 4) is 5.75 Å². The van der Waals surface area contributed by atoms with Gasteiger partial charge in [-0.25, -0.2) is 0 Å². The molecular formula is C38H57NO6P+. The maximum absolute atomic E-state index is 13.3. The number of allylic oxidation sites excluding steroid dienone is 2. The second-order valence-electron chi connectivity index (χ2n) is 11.9. The second kappa shape index (κ2) is 22.9. The van der Waals surface area contributed by atoms with Crippen LogP contribution in [0.15, 0.2) is 78.4 Å². The first-order valence-electron chi connectivity index (χ1n) is 17.5. The molecule has 8 heteroatoms. The first kappa shape index (κ1) is 37.9. The van der Waals surface area contributed by atoms with E-state index in [2.05, 4.69) is 26.0 Å². The Morgan fingerprint density at radius 2 is 1.52 bits per heavy atom. The van der Waals surface area contributed by atoms with Crippen LogP contribution in [0.25, 0.3) is 0 Å². The maximum Gasteiger partial charge on any atom is 0.573 e. The Morgan fingerprint density at radius 1 is 0.783 bits per heavy atom. The van der Waals surface area contributed by atoms with E-state index in [1.807, 2.05) is 60.7 Å². The molecule has 0 spiro atoms. The lowest BCUT2D eigenvalue weighted by Gasteiger charge is -2.23. The van der Waals surface area contributed by atoms with Gasteiger partial charge in [0.15, 0.2) is 0 Å². The molecule has 0 heterocycles. The lowest BCUT2D eigenvalue weighted by atomic mass is 10.1. The van der Waals surface area contributed by atoms with Crippen LogP contribution in [-0.2, 0) is 31.4 Å². The van der Waals surface area contributed by atoms with Crippen LogP contribution in [0.1, 0.15) is 102 Å². The van der Waals surface area contributed by atoms with Gasteiger partial charge in [0.2, 0.25) is 5.91 Å². The SMILES string of the molecule is CCCCCCCCCCOc1cccc(CCC(=O)N(CCC)CCO[P+](O)(OCC2=CCCC=C2)OCc2ccccc2)c1. The molecule has 1 aliphatic rings. The summed E-state index contributed by atoms with van der Waals surface area (Å²) in [5.74, 6) is 0.922. The van der Waals surface area contributed by atoms with Gasteiger partial charge in [-0.3, -0.25) is 4.79 Å². The van der Waals surface area contributed by atoms with Crippen LogP contribution in [0.4, 0.5) is 0 Å². The van der Waals surface area contributed by atoms with E-state index in [0.717, 1.165) is 54.7 Å². The zero-order chi connectivity index (χ0) is 32.7. The van der Waals surface area contributed by atoms with Gasteiger partial charge in [-0.1, -0.05) is 119 Å². The Morgan fingerprint density at radius 3 is 2.26 bits per heavy atom. The van der Waals surface area contributed by atoms with Crippen molar-refractivity contribution in [3.63, 3.8) is 0 Å². The minimum absolute atomic E-state index is 0.0567. The number of hydrogen-bond donors (Lipinski definition) is 1. The highest BCUT2D eigenvalue weighted by Gasteiger charge is 2.45. The summed E-state index contributed by atoms with van der Waals surface area (Å²) in [5.41, 5.74) is 2.99. The van der Waals surface area contributed by atoms with Gasteiger partial charge in [0.1, 0.15) is 25.6 Å². The number of ether oxygens (including phenoxy) is 1. The number of hydrogen-bond acceptors (Lipinski definition) is 6. The van der Waals surface area contributed by atoms with Gasteiger partial charge in [0, 0.05) is 19.5 Å². The van der Waals surface area contributed by atoms with Crippen molar-refractivity contribution >= 4 is 14.1 Å². The molecule has 0 fully saturated rings. The molecule has 1 aliphatic carbocycles. The smallest absolute Gasteiger partial charge is 0.494 e. The fourth-order valence-corrected chi connectivity index (χ4v) is 6.46. The first-order chi connectivity index (χ1) is 22.5. The normalized spacial score (nSPS) is 14.1. The van der Waals surface area contributed by atoms with Crippen molar-refractivity contribution in [2.24, 2.45) is 0 Å². The van der Waals surface area contributed by atoms with Crippen LogP contribution >= 0.6 is 8.17 Å². The van der Waals surface area contributed by atoms with E-state index >= 15 is 0 Å². The molecule has 1 atom stereocenters. The average Bonchev–Trinajstić information content (AvgIpc) is 3.09. The Bertz CT molecular complexity index is 1170. The number of benzene rings is 2. The predicted molar refractivity (Wildman–Crippen MR) is 188 cm³/mol. The lowest BCUT2D eigenvalue weighted by Crippen LogP contribution is -2.35. The largest absolute Gasteiger partial charge is 0.573 e. The van der Waals surface area contributed by atoms with Crippen LogP contribution in [0.3, 0.4) is 0 Å². The Balaban J connectivity index is 1.44. The molecule has 0 bridgehead atoms. The fraction of sp³-hybridized carbons (Fsp3) is 0.553. The van der Waals surface area contributed by atoms with Gasteiger partial charge in [-0.15, -0.1) is 9.05 Å². The molecule has 46 heavy (non-hydrogen) atoms. The number of carbonyl (C=O) groups excluding carboxylic acids is 1.